The van der Waals surface area contributed by atoms with E-state index < -0.39 is 8.32 Å². The molecule has 3 nitrogen and oxygen atoms in total. The second kappa shape index (κ2) is 19.2. The van der Waals surface area contributed by atoms with Crippen molar-refractivity contribution in [3.63, 3.8) is 0 Å². The Morgan fingerprint density at radius 3 is 1.67 bits per heavy atom. The molecule has 0 amide bonds. The molecule has 45 heavy (non-hydrogen) atoms. The van der Waals surface area contributed by atoms with Crippen LogP contribution in [0.1, 0.15) is 106 Å². The Morgan fingerprint density at radius 2 is 1.20 bits per heavy atom. The van der Waals surface area contributed by atoms with E-state index in [4.69, 9.17) is 13.9 Å². The monoisotopic (exact) mass is 628 g/mol. The van der Waals surface area contributed by atoms with E-state index >= 15 is 0 Å². The zero-order valence-electron chi connectivity index (χ0n) is 29.4. The minimum absolute atomic E-state index is 0.00130. The first-order chi connectivity index (χ1) is 21.6. The average molecular weight is 629 g/mol. The number of allylic oxidation sites excluding steroid dienone is 6. The summed E-state index contributed by atoms with van der Waals surface area (Å²) in [6, 6.07) is 21.8. The Bertz CT molecular complexity index is 1210. The lowest BCUT2D eigenvalue weighted by molar-refractivity contribution is -0.156. The van der Waals surface area contributed by atoms with Gasteiger partial charge in [0.25, 0.3) is 8.32 Å². The lowest BCUT2D eigenvalue weighted by Crippen LogP contribution is -2.66. The van der Waals surface area contributed by atoms with Crippen LogP contribution >= 0.6 is 0 Å². The van der Waals surface area contributed by atoms with Crippen molar-refractivity contribution in [1.82, 2.24) is 0 Å². The molecule has 0 radical (unpaired) electrons. The molecule has 3 rings (SSSR count). The van der Waals surface area contributed by atoms with E-state index in [0.717, 1.165) is 58.0 Å². The zero-order valence-corrected chi connectivity index (χ0v) is 30.4. The number of hydrogen-bond donors (Lipinski definition) is 0. The first-order valence-electron chi connectivity index (χ1n) is 17.2. The Morgan fingerprint density at radius 1 is 0.711 bits per heavy atom. The predicted octanol–water partition coefficient (Wildman–Crippen LogP) is 10.2. The van der Waals surface area contributed by atoms with E-state index in [2.05, 4.69) is 133 Å². The molecule has 1 fully saturated rings. The molecule has 1 saturated heterocycles. The molecule has 0 aromatic heterocycles. The minimum Gasteiger partial charge on any atom is -0.404 e. The van der Waals surface area contributed by atoms with Crippen LogP contribution in [-0.4, -0.2) is 34.4 Å². The van der Waals surface area contributed by atoms with Crippen molar-refractivity contribution in [2.24, 2.45) is 0 Å². The predicted molar refractivity (Wildman–Crippen MR) is 196 cm³/mol. The molecule has 0 saturated carbocycles. The van der Waals surface area contributed by atoms with Crippen molar-refractivity contribution < 1.29 is 13.9 Å². The van der Waals surface area contributed by atoms with Crippen LogP contribution in [0, 0.1) is 0 Å². The van der Waals surface area contributed by atoms with E-state index in [0.29, 0.717) is 13.2 Å². The van der Waals surface area contributed by atoms with Gasteiger partial charge in [0.05, 0.1) is 13.2 Å². The highest BCUT2D eigenvalue weighted by molar-refractivity contribution is 6.99. The van der Waals surface area contributed by atoms with E-state index in [1.165, 1.54) is 39.1 Å². The van der Waals surface area contributed by atoms with Gasteiger partial charge in [-0.25, -0.2) is 0 Å². The van der Waals surface area contributed by atoms with Gasteiger partial charge in [0, 0.05) is 6.61 Å². The lowest BCUT2D eigenvalue weighted by atomic mass is 10.0. The van der Waals surface area contributed by atoms with E-state index in [9.17, 15) is 0 Å². The number of hydrogen-bond acceptors (Lipinski definition) is 3. The van der Waals surface area contributed by atoms with Gasteiger partial charge in [-0.05, 0) is 101 Å². The van der Waals surface area contributed by atoms with Crippen LogP contribution in [0.2, 0.25) is 5.04 Å². The third-order valence-electron chi connectivity index (χ3n) is 8.88. The maximum atomic E-state index is 7.04. The van der Waals surface area contributed by atoms with E-state index in [1.54, 1.807) is 0 Å². The highest BCUT2D eigenvalue weighted by Crippen LogP contribution is 2.36. The molecular weight excluding hydrogens is 569 g/mol. The summed E-state index contributed by atoms with van der Waals surface area (Å²) in [5.41, 5.74) is 5.65. The van der Waals surface area contributed by atoms with Gasteiger partial charge < -0.3 is 13.9 Å². The van der Waals surface area contributed by atoms with Crippen molar-refractivity contribution in [2.45, 2.75) is 118 Å². The summed E-state index contributed by atoms with van der Waals surface area (Å²) < 4.78 is 18.6. The molecule has 2 aromatic carbocycles. The maximum absolute atomic E-state index is 7.04. The zero-order chi connectivity index (χ0) is 32.5. The standard InChI is InChI=1S/C41H60O3Si/c1-34(19-16-20-35(2)22-18-24-37(4)33-43-40-29-14-15-31-42-40)21-17-23-36(3)30-32-44-45(41(5,6)7,38-25-10-8-11-26-38)39-27-12-9-13-28-39/h8-13,20-21,24-28,30,40H,14-19,22-23,29,31-33H2,1-7H3/b34-21+,35-20+,36-30+,37-24+. The minimum atomic E-state index is -2.49. The van der Waals surface area contributed by atoms with Crippen LogP contribution in [0.3, 0.4) is 0 Å². The molecule has 1 heterocycles. The summed E-state index contributed by atoms with van der Waals surface area (Å²) >= 11 is 0. The molecule has 4 heteroatoms. The fourth-order valence-electron chi connectivity index (χ4n) is 6.14. The van der Waals surface area contributed by atoms with Crippen LogP contribution < -0.4 is 10.4 Å². The summed E-state index contributed by atoms with van der Waals surface area (Å²) in [5.74, 6) is 0. The van der Waals surface area contributed by atoms with Crippen molar-refractivity contribution in [3.05, 3.63) is 107 Å². The van der Waals surface area contributed by atoms with Crippen LogP contribution in [0.15, 0.2) is 107 Å². The van der Waals surface area contributed by atoms with Crippen molar-refractivity contribution >= 4 is 18.7 Å². The molecule has 2 aromatic rings. The largest absolute Gasteiger partial charge is 0.404 e. The van der Waals surface area contributed by atoms with Crippen LogP contribution in [0.25, 0.3) is 0 Å². The van der Waals surface area contributed by atoms with Gasteiger partial charge in [-0.15, -0.1) is 0 Å². The topological polar surface area (TPSA) is 27.7 Å². The average Bonchev–Trinajstić information content (AvgIpc) is 3.03. The van der Waals surface area contributed by atoms with Gasteiger partial charge in [-0.1, -0.05) is 128 Å². The quantitative estimate of drug-likeness (QED) is 0.129. The van der Waals surface area contributed by atoms with Crippen molar-refractivity contribution in [3.8, 4) is 0 Å². The first-order valence-corrected chi connectivity index (χ1v) is 19.1. The Labute approximate surface area is 276 Å². The van der Waals surface area contributed by atoms with Gasteiger partial charge in [-0.2, -0.15) is 0 Å². The van der Waals surface area contributed by atoms with Crippen molar-refractivity contribution in [1.29, 1.82) is 0 Å². The molecule has 0 spiro atoms. The second-order valence-electron chi connectivity index (χ2n) is 13.9. The van der Waals surface area contributed by atoms with E-state index in [1.807, 2.05) is 0 Å². The number of ether oxygens (including phenoxy) is 2. The van der Waals surface area contributed by atoms with E-state index in [-0.39, 0.29) is 11.3 Å². The molecule has 1 atom stereocenters. The molecule has 246 valence electrons. The van der Waals surface area contributed by atoms with Crippen LogP contribution in [0.5, 0.6) is 0 Å². The summed E-state index contributed by atoms with van der Waals surface area (Å²) in [4.78, 5) is 0. The summed E-state index contributed by atoms with van der Waals surface area (Å²) in [5, 5.41) is 2.66. The van der Waals surface area contributed by atoms with Crippen molar-refractivity contribution in [2.75, 3.05) is 19.8 Å². The third kappa shape index (κ3) is 12.3. The maximum Gasteiger partial charge on any atom is 0.261 e. The molecule has 1 aliphatic heterocycles. The van der Waals surface area contributed by atoms with Gasteiger partial charge in [0.2, 0.25) is 0 Å². The Kier molecular flexibility index (Phi) is 15.8. The molecule has 1 aliphatic rings. The number of benzene rings is 2. The fraction of sp³-hybridized carbons (Fsp3) is 0.512. The van der Waals surface area contributed by atoms with Crippen LogP contribution in [-0.2, 0) is 13.9 Å². The number of rotatable bonds is 17. The molecule has 0 bridgehead atoms. The third-order valence-corrected chi connectivity index (χ3v) is 13.9. The van der Waals surface area contributed by atoms with Gasteiger partial charge in [-0.3, -0.25) is 0 Å². The summed E-state index contributed by atoms with van der Waals surface area (Å²) in [7, 11) is -2.49. The smallest absolute Gasteiger partial charge is 0.261 e. The molecule has 0 N–H and O–H groups in total. The van der Waals surface area contributed by atoms with Gasteiger partial charge in [0.1, 0.15) is 0 Å². The Balaban J connectivity index is 1.43. The normalized spacial score (nSPS) is 17.5. The highest BCUT2D eigenvalue weighted by Gasteiger charge is 2.49. The van der Waals surface area contributed by atoms with Crippen LogP contribution in [0.4, 0.5) is 0 Å². The lowest BCUT2D eigenvalue weighted by Gasteiger charge is -2.42. The highest BCUT2D eigenvalue weighted by atomic mass is 28.4. The first kappa shape index (κ1) is 37.0. The fourth-order valence-corrected chi connectivity index (χ4v) is 10.6. The SMILES string of the molecule is C/C(=C\CC/C(C)=C/CO[Si](c1ccccc1)(c1ccccc1)C(C)(C)C)CC/C=C(\C)CC/C=C(\C)COC1CCCCO1. The molecule has 1 unspecified atom stereocenters. The summed E-state index contributed by atoms with van der Waals surface area (Å²) in [6.45, 7) is 18.1. The molecular formula is C41H60O3Si. The summed E-state index contributed by atoms with van der Waals surface area (Å²) in [6.07, 6.45) is 19.4. The molecule has 0 aliphatic carbocycles. The van der Waals surface area contributed by atoms with Gasteiger partial charge in [0.15, 0.2) is 6.29 Å². The van der Waals surface area contributed by atoms with Gasteiger partial charge >= 0.3 is 0 Å². The Hall–Kier alpha value is -2.50. The second-order valence-corrected chi connectivity index (χ2v) is 18.2.